The molecule has 6 nitrogen and oxygen atoms in total. The van der Waals surface area contributed by atoms with Gasteiger partial charge in [0.25, 0.3) is 5.91 Å². The van der Waals surface area contributed by atoms with Crippen molar-refractivity contribution < 1.29 is 9.59 Å². The lowest BCUT2D eigenvalue weighted by molar-refractivity contribution is -0.140. The highest BCUT2D eigenvalue weighted by Gasteiger charge is 2.31. The zero-order valence-corrected chi connectivity index (χ0v) is 18.3. The van der Waals surface area contributed by atoms with Crippen LogP contribution >= 0.6 is 0 Å². The highest BCUT2D eigenvalue weighted by molar-refractivity contribution is 5.95. The van der Waals surface area contributed by atoms with Crippen molar-refractivity contribution in [1.82, 2.24) is 20.0 Å². The Bertz CT molecular complexity index is 1110. The molecular formula is C25H28N4O2. The van der Waals surface area contributed by atoms with Crippen LogP contribution in [-0.4, -0.2) is 58.0 Å². The Morgan fingerprint density at radius 3 is 2.23 bits per heavy atom. The quantitative estimate of drug-likeness (QED) is 0.700. The van der Waals surface area contributed by atoms with Crippen molar-refractivity contribution in [2.75, 3.05) is 26.2 Å². The van der Waals surface area contributed by atoms with Gasteiger partial charge in [0.2, 0.25) is 5.91 Å². The summed E-state index contributed by atoms with van der Waals surface area (Å²) in [6, 6.07) is 15.6. The molecule has 4 rings (SSSR count). The molecule has 0 unspecified atom stereocenters. The fraction of sp³-hybridized carbons (Fsp3) is 0.320. The third-order valence-electron chi connectivity index (χ3n) is 5.59. The van der Waals surface area contributed by atoms with Crippen LogP contribution in [0.3, 0.4) is 0 Å². The van der Waals surface area contributed by atoms with E-state index in [0.717, 1.165) is 22.2 Å². The Kier molecular flexibility index (Phi) is 5.63. The third-order valence-corrected chi connectivity index (χ3v) is 5.59. The van der Waals surface area contributed by atoms with Gasteiger partial charge in [-0.2, -0.15) is 5.10 Å². The number of hydrogen-bond acceptors (Lipinski definition) is 3. The summed E-state index contributed by atoms with van der Waals surface area (Å²) in [5.74, 6) is 0.150. The molecule has 1 aromatic heterocycles. The van der Waals surface area contributed by atoms with Gasteiger partial charge in [0.05, 0.1) is 11.2 Å². The summed E-state index contributed by atoms with van der Waals surface area (Å²) >= 11 is 0. The van der Waals surface area contributed by atoms with Crippen molar-refractivity contribution in [3.63, 3.8) is 0 Å². The molecule has 0 bridgehead atoms. The molecule has 2 heterocycles. The smallest absolute Gasteiger partial charge is 0.253 e. The number of para-hydroxylation sites is 1. The fourth-order valence-corrected chi connectivity index (χ4v) is 3.79. The van der Waals surface area contributed by atoms with E-state index in [2.05, 4.69) is 10.2 Å². The van der Waals surface area contributed by atoms with E-state index in [1.807, 2.05) is 91.3 Å². The molecule has 1 saturated heterocycles. The lowest BCUT2D eigenvalue weighted by Crippen LogP contribution is -2.53. The molecule has 1 N–H and O–H groups in total. The summed E-state index contributed by atoms with van der Waals surface area (Å²) < 4.78 is 0. The van der Waals surface area contributed by atoms with E-state index in [1.165, 1.54) is 0 Å². The van der Waals surface area contributed by atoms with Crippen molar-refractivity contribution >= 4 is 34.9 Å². The molecule has 0 saturated carbocycles. The fourth-order valence-electron chi connectivity index (χ4n) is 3.79. The number of benzene rings is 2. The number of H-pyrrole nitrogens is 1. The second kappa shape index (κ2) is 8.38. The Morgan fingerprint density at radius 1 is 0.903 bits per heavy atom. The van der Waals surface area contributed by atoms with Crippen LogP contribution in [-0.2, 0) is 4.79 Å². The number of hydrogen-bond donors (Lipinski definition) is 1. The van der Waals surface area contributed by atoms with Crippen LogP contribution in [0.15, 0.2) is 48.5 Å². The van der Waals surface area contributed by atoms with Crippen molar-refractivity contribution in [2.24, 2.45) is 5.41 Å². The maximum atomic E-state index is 12.9. The minimum absolute atomic E-state index is 0.0108. The highest BCUT2D eigenvalue weighted by atomic mass is 16.2. The molecule has 0 aliphatic carbocycles. The number of rotatable bonds is 3. The molecule has 31 heavy (non-hydrogen) atoms. The number of piperazine rings is 1. The SMILES string of the molecule is CC(C)(C)C(=O)N1CCN(C(=O)c2ccc(C=Cc3n[nH]c4ccccc34)cc2)CC1. The second-order valence-electron chi connectivity index (χ2n) is 8.94. The Labute approximate surface area is 182 Å². The van der Waals surface area contributed by atoms with Crippen molar-refractivity contribution in [2.45, 2.75) is 20.8 Å². The molecule has 6 heteroatoms. The monoisotopic (exact) mass is 416 g/mol. The van der Waals surface area contributed by atoms with E-state index in [9.17, 15) is 9.59 Å². The largest absolute Gasteiger partial charge is 0.339 e. The molecule has 1 fully saturated rings. The highest BCUT2D eigenvalue weighted by Crippen LogP contribution is 2.20. The summed E-state index contributed by atoms with van der Waals surface area (Å²) in [6.07, 6.45) is 3.97. The zero-order valence-electron chi connectivity index (χ0n) is 18.3. The minimum atomic E-state index is -0.391. The maximum Gasteiger partial charge on any atom is 0.253 e. The third kappa shape index (κ3) is 4.53. The van der Waals surface area contributed by atoms with Gasteiger partial charge >= 0.3 is 0 Å². The van der Waals surface area contributed by atoms with Crippen LogP contribution in [0, 0.1) is 5.41 Å². The van der Waals surface area contributed by atoms with Gasteiger partial charge in [-0.15, -0.1) is 0 Å². The number of carbonyl (C=O) groups excluding carboxylic acids is 2. The first-order chi connectivity index (χ1) is 14.8. The number of aromatic amines is 1. The molecule has 2 aromatic carbocycles. The minimum Gasteiger partial charge on any atom is -0.339 e. The molecule has 160 valence electrons. The molecule has 2 amide bonds. The van der Waals surface area contributed by atoms with Gasteiger partial charge in [0.1, 0.15) is 0 Å². The van der Waals surface area contributed by atoms with Crippen molar-refractivity contribution in [3.05, 3.63) is 65.4 Å². The predicted molar refractivity (Wildman–Crippen MR) is 123 cm³/mol. The average molecular weight is 417 g/mol. The Morgan fingerprint density at radius 2 is 1.55 bits per heavy atom. The Balaban J connectivity index is 1.38. The Hall–Kier alpha value is -3.41. The number of aromatic nitrogens is 2. The standard InChI is InChI=1S/C25H28N4O2/c1-25(2,3)24(31)29-16-14-28(15-17-29)23(30)19-11-8-18(9-12-19)10-13-22-20-6-4-5-7-21(20)26-27-22/h4-13H,14-17H2,1-3H3,(H,26,27). The first-order valence-electron chi connectivity index (χ1n) is 10.6. The number of amides is 2. The van der Waals surface area contributed by atoms with Gasteiger partial charge in [-0.25, -0.2) is 0 Å². The first kappa shape index (κ1) is 20.8. The summed E-state index contributed by atoms with van der Waals surface area (Å²) in [6.45, 7) is 8.08. The lowest BCUT2D eigenvalue weighted by atomic mass is 9.94. The van der Waals surface area contributed by atoms with Gasteiger partial charge in [-0.05, 0) is 29.8 Å². The van der Waals surface area contributed by atoms with Crippen LogP contribution < -0.4 is 0 Å². The zero-order chi connectivity index (χ0) is 22.0. The summed E-state index contributed by atoms with van der Waals surface area (Å²) in [4.78, 5) is 29.0. The molecule has 0 atom stereocenters. The molecule has 3 aromatic rings. The molecule has 1 aliphatic heterocycles. The van der Waals surface area contributed by atoms with E-state index in [4.69, 9.17) is 0 Å². The predicted octanol–water partition coefficient (Wildman–Crippen LogP) is 4.06. The number of fused-ring (bicyclic) bond motifs is 1. The summed E-state index contributed by atoms with van der Waals surface area (Å²) in [7, 11) is 0. The lowest BCUT2D eigenvalue weighted by Gasteiger charge is -2.37. The number of nitrogens with zero attached hydrogens (tertiary/aromatic N) is 3. The van der Waals surface area contributed by atoms with E-state index >= 15 is 0 Å². The van der Waals surface area contributed by atoms with E-state index in [0.29, 0.717) is 31.7 Å². The van der Waals surface area contributed by atoms with Gasteiger partial charge in [0.15, 0.2) is 0 Å². The summed E-state index contributed by atoms with van der Waals surface area (Å²) in [5.41, 5.74) is 3.17. The van der Waals surface area contributed by atoms with Gasteiger partial charge in [-0.3, -0.25) is 14.7 Å². The first-order valence-corrected chi connectivity index (χ1v) is 10.6. The van der Waals surface area contributed by atoms with E-state index in [1.54, 1.807) is 0 Å². The van der Waals surface area contributed by atoms with Crippen LogP contribution in [0.1, 0.15) is 42.4 Å². The molecule has 1 aliphatic rings. The van der Waals surface area contributed by atoms with Crippen LogP contribution in [0.25, 0.3) is 23.1 Å². The number of nitrogens with one attached hydrogen (secondary N) is 1. The molecule has 0 spiro atoms. The van der Waals surface area contributed by atoms with Gasteiger partial charge in [0, 0.05) is 42.5 Å². The second-order valence-corrected chi connectivity index (χ2v) is 8.94. The van der Waals surface area contributed by atoms with Crippen LogP contribution in [0.2, 0.25) is 0 Å². The maximum absolute atomic E-state index is 12.9. The topological polar surface area (TPSA) is 69.3 Å². The van der Waals surface area contributed by atoms with Crippen LogP contribution in [0.5, 0.6) is 0 Å². The van der Waals surface area contributed by atoms with Crippen molar-refractivity contribution in [3.8, 4) is 0 Å². The van der Waals surface area contributed by atoms with Gasteiger partial charge < -0.3 is 9.80 Å². The van der Waals surface area contributed by atoms with Crippen molar-refractivity contribution in [1.29, 1.82) is 0 Å². The van der Waals surface area contributed by atoms with Gasteiger partial charge in [-0.1, -0.05) is 57.2 Å². The number of carbonyl (C=O) groups is 2. The molecular weight excluding hydrogens is 388 g/mol. The van der Waals surface area contributed by atoms with E-state index in [-0.39, 0.29) is 11.8 Å². The van der Waals surface area contributed by atoms with Crippen LogP contribution in [0.4, 0.5) is 0 Å². The summed E-state index contributed by atoms with van der Waals surface area (Å²) in [5, 5.41) is 8.46. The average Bonchev–Trinajstić information content (AvgIpc) is 3.20. The van der Waals surface area contributed by atoms with E-state index < -0.39 is 5.41 Å². The molecule has 0 radical (unpaired) electrons. The normalized spacial score (nSPS) is 15.1.